The molecule has 0 atom stereocenters. The van der Waals surface area contributed by atoms with Gasteiger partial charge in [0.25, 0.3) is 5.69 Å². The molecule has 1 heterocycles. The molecule has 0 unspecified atom stereocenters. The van der Waals surface area contributed by atoms with Crippen molar-refractivity contribution in [3.63, 3.8) is 0 Å². The van der Waals surface area contributed by atoms with Gasteiger partial charge >= 0.3 is 0 Å². The van der Waals surface area contributed by atoms with Gasteiger partial charge in [-0.05, 0) is 18.2 Å². The van der Waals surface area contributed by atoms with E-state index in [1.54, 1.807) is 11.0 Å². The van der Waals surface area contributed by atoms with Crippen molar-refractivity contribution < 1.29 is 26.9 Å². The van der Waals surface area contributed by atoms with E-state index in [2.05, 4.69) is 5.32 Å². The Morgan fingerprint density at radius 2 is 1.63 bits per heavy atom. The topological polar surface area (TPSA) is 113 Å². The summed E-state index contributed by atoms with van der Waals surface area (Å²) in [5.74, 6) is -2.83. The molecule has 2 aromatic rings. The summed E-state index contributed by atoms with van der Waals surface area (Å²) in [5, 5.41) is 13.5. The molecule has 1 N–H and O–H groups in total. The normalized spacial score (nSPS) is 15.7. The Hall–Kier alpha value is -2.96. The number of carbonyl (C=O) groups excluding carboxylic acids is 1. The van der Waals surface area contributed by atoms with E-state index in [9.17, 15) is 32.1 Å². The zero-order valence-electron chi connectivity index (χ0n) is 15.6. The molecule has 1 aliphatic heterocycles. The van der Waals surface area contributed by atoms with Gasteiger partial charge in [-0.25, -0.2) is 17.2 Å². The second-order valence-corrected chi connectivity index (χ2v) is 8.43. The predicted octanol–water partition coefficient (Wildman–Crippen LogP) is 1.82. The van der Waals surface area contributed by atoms with Crippen molar-refractivity contribution in [2.75, 3.05) is 38.0 Å². The highest BCUT2D eigenvalue weighted by molar-refractivity contribution is 7.89. The van der Waals surface area contributed by atoms with E-state index in [1.165, 1.54) is 18.2 Å². The first kappa shape index (κ1) is 21.7. The molecule has 30 heavy (non-hydrogen) atoms. The fraction of sp³-hybridized carbons (Fsp3) is 0.278. The molecule has 9 nitrogen and oxygen atoms in total. The second kappa shape index (κ2) is 8.81. The molecule has 0 aliphatic carbocycles. The first-order chi connectivity index (χ1) is 14.2. The molecule has 1 fully saturated rings. The second-order valence-electron chi connectivity index (χ2n) is 6.55. The van der Waals surface area contributed by atoms with Crippen LogP contribution in [0.1, 0.15) is 0 Å². The quantitative estimate of drug-likeness (QED) is 0.542. The lowest BCUT2D eigenvalue weighted by atomic mass is 10.2. The molecule has 12 heteroatoms. The van der Waals surface area contributed by atoms with Gasteiger partial charge in [0.15, 0.2) is 4.90 Å². The van der Waals surface area contributed by atoms with E-state index in [0.717, 1.165) is 22.5 Å². The Labute approximate surface area is 171 Å². The molecule has 1 saturated heterocycles. The van der Waals surface area contributed by atoms with E-state index in [1.807, 2.05) is 0 Å². The van der Waals surface area contributed by atoms with Gasteiger partial charge in [0.1, 0.15) is 17.3 Å². The number of hydrogen-bond acceptors (Lipinski definition) is 6. The van der Waals surface area contributed by atoms with Crippen molar-refractivity contribution in [1.29, 1.82) is 0 Å². The Kier molecular flexibility index (Phi) is 6.39. The van der Waals surface area contributed by atoms with E-state index in [4.69, 9.17) is 0 Å². The number of halogens is 2. The van der Waals surface area contributed by atoms with Gasteiger partial charge in [0.05, 0.1) is 11.5 Å². The number of nitro groups is 1. The summed E-state index contributed by atoms with van der Waals surface area (Å²) in [6, 6.07) is 8.53. The fourth-order valence-electron chi connectivity index (χ4n) is 3.12. The number of benzene rings is 2. The smallest absolute Gasteiger partial charge is 0.292 e. The van der Waals surface area contributed by atoms with E-state index >= 15 is 0 Å². The van der Waals surface area contributed by atoms with Gasteiger partial charge in [0, 0.05) is 32.2 Å². The monoisotopic (exact) mass is 440 g/mol. The lowest BCUT2D eigenvalue weighted by molar-refractivity contribution is -0.383. The van der Waals surface area contributed by atoms with Crippen molar-refractivity contribution in [3.05, 3.63) is 64.2 Å². The summed E-state index contributed by atoms with van der Waals surface area (Å²) >= 11 is 0. The number of para-hydroxylation sites is 2. The number of anilines is 1. The van der Waals surface area contributed by atoms with E-state index < -0.39 is 37.4 Å². The summed E-state index contributed by atoms with van der Waals surface area (Å²) < 4.78 is 53.9. The Balaban J connectivity index is 1.61. The average Bonchev–Trinajstić information content (AvgIpc) is 2.68. The van der Waals surface area contributed by atoms with Crippen LogP contribution in [0.25, 0.3) is 0 Å². The zero-order chi connectivity index (χ0) is 21.9. The van der Waals surface area contributed by atoms with Crippen LogP contribution in [0.4, 0.5) is 20.2 Å². The van der Waals surface area contributed by atoms with Crippen molar-refractivity contribution in [1.82, 2.24) is 9.21 Å². The van der Waals surface area contributed by atoms with Crippen LogP contribution in [0.15, 0.2) is 47.4 Å². The van der Waals surface area contributed by atoms with Gasteiger partial charge in [-0.15, -0.1) is 0 Å². The molecule has 0 spiro atoms. The molecule has 160 valence electrons. The minimum Gasteiger partial charge on any atom is -0.319 e. The Morgan fingerprint density at radius 3 is 2.23 bits per heavy atom. The number of nitro benzene ring substituents is 1. The lowest BCUT2D eigenvalue weighted by Crippen LogP contribution is -2.50. The largest absolute Gasteiger partial charge is 0.319 e. The van der Waals surface area contributed by atoms with Crippen LogP contribution in [0, 0.1) is 21.7 Å². The third-order valence-electron chi connectivity index (χ3n) is 4.59. The van der Waals surface area contributed by atoms with Crippen molar-refractivity contribution in [2.24, 2.45) is 0 Å². The number of hydrogen-bond donors (Lipinski definition) is 1. The number of rotatable bonds is 6. The standard InChI is InChI=1S/C18H18F2N4O5S/c19-13-4-3-5-14(20)18(13)30(28,29)23-10-8-22(9-11-23)12-17(25)21-15-6-1-2-7-16(15)24(26)27/h1-7H,8-12H2,(H,21,25). The zero-order valence-corrected chi connectivity index (χ0v) is 16.4. The van der Waals surface area contributed by atoms with Crippen LogP contribution in [0.3, 0.4) is 0 Å². The van der Waals surface area contributed by atoms with Crippen molar-refractivity contribution >= 4 is 27.3 Å². The first-order valence-electron chi connectivity index (χ1n) is 8.90. The minimum atomic E-state index is -4.36. The maximum Gasteiger partial charge on any atom is 0.292 e. The summed E-state index contributed by atoms with van der Waals surface area (Å²) in [6.45, 7) is 0.0664. The molecular formula is C18H18F2N4O5S. The molecule has 3 rings (SSSR count). The average molecular weight is 440 g/mol. The van der Waals surface area contributed by atoms with E-state index in [-0.39, 0.29) is 44.1 Å². The Morgan fingerprint density at radius 1 is 1.03 bits per heavy atom. The van der Waals surface area contributed by atoms with Crippen LogP contribution in [0.2, 0.25) is 0 Å². The van der Waals surface area contributed by atoms with Gasteiger partial charge in [-0.3, -0.25) is 19.8 Å². The molecule has 1 aliphatic rings. The predicted molar refractivity (Wildman–Crippen MR) is 103 cm³/mol. The highest BCUT2D eigenvalue weighted by Crippen LogP contribution is 2.24. The molecule has 0 aromatic heterocycles. The Bertz CT molecular complexity index is 1050. The third kappa shape index (κ3) is 4.61. The number of nitrogens with zero attached hydrogens (tertiary/aromatic N) is 3. The maximum absolute atomic E-state index is 13.9. The summed E-state index contributed by atoms with van der Waals surface area (Å²) in [7, 11) is -4.36. The molecular weight excluding hydrogens is 422 g/mol. The first-order valence-corrected chi connectivity index (χ1v) is 10.3. The fourth-order valence-corrected chi connectivity index (χ4v) is 4.65. The number of piperazine rings is 1. The lowest BCUT2D eigenvalue weighted by Gasteiger charge is -2.33. The number of nitrogens with one attached hydrogen (secondary N) is 1. The summed E-state index contributed by atoms with van der Waals surface area (Å²) in [5.41, 5.74) is -0.183. The molecule has 2 aromatic carbocycles. The van der Waals surface area contributed by atoms with Crippen LogP contribution in [-0.2, 0) is 14.8 Å². The van der Waals surface area contributed by atoms with Gasteiger partial charge in [-0.1, -0.05) is 18.2 Å². The summed E-state index contributed by atoms with van der Waals surface area (Å²) in [4.78, 5) is 23.3. The highest BCUT2D eigenvalue weighted by Gasteiger charge is 2.33. The molecule has 0 radical (unpaired) electrons. The summed E-state index contributed by atoms with van der Waals surface area (Å²) in [6.07, 6.45) is 0. The number of carbonyl (C=O) groups is 1. The number of amides is 1. The van der Waals surface area contributed by atoms with E-state index in [0.29, 0.717) is 0 Å². The van der Waals surface area contributed by atoms with Crippen LogP contribution in [-0.4, -0.2) is 61.2 Å². The van der Waals surface area contributed by atoms with Crippen LogP contribution >= 0.6 is 0 Å². The van der Waals surface area contributed by atoms with Crippen molar-refractivity contribution in [3.8, 4) is 0 Å². The highest BCUT2D eigenvalue weighted by atomic mass is 32.2. The molecule has 1 amide bonds. The van der Waals surface area contributed by atoms with Gasteiger partial charge < -0.3 is 5.32 Å². The van der Waals surface area contributed by atoms with Crippen LogP contribution in [0.5, 0.6) is 0 Å². The SMILES string of the molecule is O=C(CN1CCN(S(=O)(=O)c2c(F)cccc2F)CC1)Nc1ccccc1[N+](=O)[O-]. The van der Waals surface area contributed by atoms with Gasteiger partial charge in [-0.2, -0.15) is 4.31 Å². The molecule has 0 saturated carbocycles. The van der Waals surface area contributed by atoms with Crippen LogP contribution < -0.4 is 5.32 Å². The minimum absolute atomic E-state index is 0.0590. The maximum atomic E-state index is 13.9. The third-order valence-corrected chi connectivity index (χ3v) is 6.54. The van der Waals surface area contributed by atoms with Gasteiger partial charge in [0.2, 0.25) is 15.9 Å². The molecule has 0 bridgehead atoms. The number of sulfonamides is 1. The van der Waals surface area contributed by atoms with Crippen molar-refractivity contribution in [2.45, 2.75) is 4.90 Å².